The van der Waals surface area contributed by atoms with Crippen LogP contribution < -0.4 is 19.7 Å². The number of nitrogens with one attached hydrogen (secondary N) is 1. The molecule has 0 bridgehead atoms. The Kier molecular flexibility index (Phi) is 9.52. The molecule has 0 fully saturated rings. The van der Waals surface area contributed by atoms with Crippen LogP contribution in [0.5, 0.6) is 11.5 Å². The van der Waals surface area contributed by atoms with Crippen LogP contribution >= 0.6 is 11.6 Å². The number of carboxylic acid groups (broad SMARTS) is 1. The summed E-state index contributed by atoms with van der Waals surface area (Å²) in [6, 6.07) is 20.5. The van der Waals surface area contributed by atoms with Gasteiger partial charge in [-0.1, -0.05) is 67.9 Å². The molecule has 5 rings (SSSR count). The minimum atomic E-state index is -1.32. The number of benzene rings is 4. The molecule has 0 aliphatic carbocycles. The molecule has 2 atom stereocenters. The Morgan fingerprint density at radius 2 is 1.76 bits per heavy atom. The molecule has 1 heterocycles. The number of para-hydroxylation sites is 1. The molecular formula is C35H35ClN2O8. The minimum Gasteiger partial charge on any atom is -0.493 e. The number of hydrogen-bond donors (Lipinski definition) is 3. The van der Waals surface area contributed by atoms with E-state index in [2.05, 4.69) is 5.32 Å². The number of hydrogen-bond acceptors (Lipinski definition) is 7. The number of aliphatic hydroxyl groups excluding tert-OH is 1. The fourth-order valence-electron chi connectivity index (χ4n) is 5.68. The molecule has 1 aliphatic heterocycles. The highest BCUT2D eigenvalue weighted by Gasteiger charge is 2.41. The third-order valence-corrected chi connectivity index (χ3v) is 8.16. The smallest absolute Gasteiger partial charge is 0.338 e. The van der Waals surface area contributed by atoms with Crippen LogP contribution in [-0.4, -0.2) is 61.5 Å². The van der Waals surface area contributed by atoms with Crippen molar-refractivity contribution in [3.63, 3.8) is 0 Å². The van der Waals surface area contributed by atoms with E-state index >= 15 is 0 Å². The maximum absolute atomic E-state index is 14.3. The van der Waals surface area contributed by atoms with Crippen LogP contribution in [0.4, 0.5) is 11.4 Å². The van der Waals surface area contributed by atoms with Crippen LogP contribution in [0, 0.1) is 5.41 Å². The second kappa shape index (κ2) is 13.4. The van der Waals surface area contributed by atoms with Crippen molar-refractivity contribution in [3.05, 3.63) is 94.5 Å². The third kappa shape index (κ3) is 6.50. The summed E-state index contributed by atoms with van der Waals surface area (Å²) in [6.45, 7) is 3.53. The number of rotatable bonds is 10. The van der Waals surface area contributed by atoms with Gasteiger partial charge < -0.3 is 34.6 Å². The van der Waals surface area contributed by atoms with Gasteiger partial charge in [0.05, 0.1) is 31.9 Å². The van der Waals surface area contributed by atoms with Crippen molar-refractivity contribution in [1.82, 2.24) is 0 Å². The number of anilines is 2. The Balaban J connectivity index is 1.59. The molecule has 0 unspecified atom stereocenters. The van der Waals surface area contributed by atoms with E-state index in [1.54, 1.807) is 66.7 Å². The molecule has 240 valence electrons. The number of halogens is 1. The van der Waals surface area contributed by atoms with Crippen LogP contribution in [0.15, 0.2) is 72.8 Å². The maximum Gasteiger partial charge on any atom is 0.338 e. The highest BCUT2D eigenvalue weighted by atomic mass is 35.5. The summed E-state index contributed by atoms with van der Waals surface area (Å²) in [5.74, 6) is -1.53. The van der Waals surface area contributed by atoms with Crippen LogP contribution in [-0.2, 0) is 14.3 Å². The number of fused-ring (bicyclic) bond motifs is 2. The van der Waals surface area contributed by atoms with E-state index in [0.29, 0.717) is 44.1 Å². The van der Waals surface area contributed by atoms with Crippen molar-refractivity contribution in [3.8, 4) is 11.5 Å². The number of nitrogens with zero attached hydrogens (tertiary/aromatic N) is 1. The van der Waals surface area contributed by atoms with E-state index in [1.807, 2.05) is 13.8 Å². The molecule has 0 saturated heterocycles. The number of aliphatic hydroxyl groups is 1. The standard InChI is InChI=1S/C35H35ClN2O8/c1-35(2,19-39)18-38-26-15-13-21(36)16-24(26)31(23-10-7-11-27(44-3)32(23)45-4)46-28(33(38)41)17-29(40)37-25-14-12-20-8-5-6-9-22(20)30(25)34(42)43/h5-16,28,31,39H,17-19H2,1-4H3,(H,37,40)(H,42,43)/t28-,31-/m1/s1. The molecule has 4 aromatic carbocycles. The normalized spacial score (nSPS) is 16.5. The Morgan fingerprint density at radius 1 is 1.00 bits per heavy atom. The van der Waals surface area contributed by atoms with Crippen LogP contribution in [0.25, 0.3) is 10.8 Å². The first-order valence-corrected chi connectivity index (χ1v) is 15.0. The highest BCUT2D eigenvalue weighted by molar-refractivity contribution is 6.30. The zero-order valence-corrected chi connectivity index (χ0v) is 26.6. The summed E-state index contributed by atoms with van der Waals surface area (Å²) in [4.78, 5) is 41.8. The fourth-order valence-corrected chi connectivity index (χ4v) is 5.86. The Bertz CT molecular complexity index is 1810. The fraction of sp³-hybridized carbons (Fsp3) is 0.286. The van der Waals surface area contributed by atoms with Gasteiger partial charge in [0.1, 0.15) is 12.2 Å². The number of carboxylic acids is 1. The van der Waals surface area contributed by atoms with E-state index in [4.69, 9.17) is 25.8 Å². The van der Waals surface area contributed by atoms with Gasteiger partial charge in [0, 0.05) is 40.4 Å². The largest absolute Gasteiger partial charge is 0.493 e. The molecule has 10 nitrogen and oxygen atoms in total. The van der Waals surface area contributed by atoms with Gasteiger partial charge in [-0.25, -0.2) is 4.79 Å². The predicted octanol–water partition coefficient (Wildman–Crippen LogP) is 6.08. The summed E-state index contributed by atoms with van der Waals surface area (Å²) in [7, 11) is 3.00. The van der Waals surface area contributed by atoms with Gasteiger partial charge in [-0.2, -0.15) is 0 Å². The molecule has 11 heteroatoms. The van der Waals surface area contributed by atoms with Gasteiger partial charge in [0.15, 0.2) is 11.5 Å². The van der Waals surface area contributed by atoms with Crippen LogP contribution in [0.1, 0.15) is 47.9 Å². The van der Waals surface area contributed by atoms with Crippen molar-refractivity contribution < 1.29 is 38.8 Å². The van der Waals surface area contributed by atoms with Gasteiger partial charge in [-0.15, -0.1) is 0 Å². The molecule has 1 aliphatic rings. The summed E-state index contributed by atoms with van der Waals surface area (Å²) in [5, 5.41) is 24.4. The van der Waals surface area contributed by atoms with E-state index in [0.717, 1.165) is 0 Å². The van der Waals surface area contributed by atoms with Gasteiger partial charge in [0.25, 0.3) is 5.91 Å². The third-order valence-electron chi connectivity index (χ3n) is 7.92. The average molecular weight is 647 g/mol. The summed E-state index contributed by atoms with van der Waals surface area (Å²) in [5.41, 5.74) is 0.898. The van der Waals surface area contributed by atoms with E-state index in [9.17, 15) is 24.6 Å². The Morgan fingerprint density at radius 3 is 2.46 bits per heavy atom. The second-order valence-corrected chi connectivity index (χ2v) is 12.2. The van der Waals surface area contributed by atoms with Gasteiger partial charge in [0.2, 0.25) is 5.91 Å². The van der Waals surface area contributed by atoms with Crippen LogP contribution in [0.2, 0.25) is 5.02 Å². The molecule has 0 spiro atoms. The van der Waals surface area contributed by atoms with Crippen molar-refractivity contribution in [1.29, 1.82) is 0 Å². The zero-order chi connectivity index (χ0) is 33.2. The van der Waals surface area contributed by atoms with Gasteiger partial charge in [-0.05, 0) is 41.1 Å². The second-order valence-electron chi connectivity index (χ2n) is 11.8. The summed E-state index contributed by atoms with van der Waals surface area (Å²) < 4.78 is 17.8. The van der Waals surface area contributed by atoms with Crippen molar-refractivity contribution >= 4 is 51.5 Å². The number of amides is 2. The molecule has 0 saturated carbocycles. The monoisotopic (exact) mass is 646 g/mol. The predicted molar refractivity (Wildman–Crippen MR) is 175 cm³/mol. The lowest BCUT2D eigenvalue weighted by molar-refractivity contribution is -0.136. The van der Waals surface area contributed by atoms with Crippen LogP contribution in [0.3, 0.4) is 0 Å². The molecule has 0 radical (unpaired) electrons. The molecule has 4 aromatic rings. The molecular weight excluding hydrogens is 612 g/mol. The number of aromatic carboxylic acids is 1. The number of carbonyl (C=O) groups is 3. The minimum absolute atomic E-state index is 0.0630. The summed E-state index contributed by atoms with van der Waals surface area (Å²) >= 11 is 6.49. The lowest BCUT2D eigenvalue weighted by Gasteiger charge is -2.32. The first kappa shape index (κ1) is 32.7. The van der Waals surface area contributed by atoms with Gasteiger partial charge in [-0.3, -0.25) is 9.59 Å². The average Bonchev–Trinajstić information content (AvgIpc) is 3.14. The number of ether oxygens (including phenoxy) is 3. The SMILES string of the molecule is COc1cccc([C@H]2O[C@H](CC(=O)Nc3ccc4ccccc4c3C(=O)O)C(=O)N(CC(C)(C)CO)c3ccc(Cl)cc32)c1OC. The highest BCUT2D eigenvalue weighted by Crippen LogP contribution is 2.45. The van der Waals surface area contributed by atoms with Gasteiger partial charge >= 0.3 is 5.97 Å². The number of methoxy groups -OCH3 is 2. The number of carbonyl (C=O) groups excluding carboxylic acids is 2. The Hall–Kier alpha value is -4.64. The van der Waals surface area contributed by atoms with Crippen molar-refractivity contribution in [2.75, 3.05) is 37.6 Å². The van der Waals surface area contributed by atoms with E-state index in [-0.39, 0.29) is 24.4 Å². The summed E-state index contributed by atoms with van der Waals surface area (Å²) in [6.07, 6.45) is -2.70. The first-order chi connectivity index (χ1) is 22.0. The maximum atomic E-state index is 14.3. The topological polar surface area (TPSA) is 135 Å². The molecule has 0 aromatic heterocycles. The van der Waals surface area contributed by atoms with Crippen molar-refractivity contribution in [2.24, 2.45) is 5.41 Å². The van der Waals surface area contributed by atoms with Crippen molar-refractivity contribution in [2.45, 2.75) is 32.5 Å². The Labute approximate surface area is 271 Å². The first-order valence-electron chi connectivity index (χ1n) is 14.6. The molecule has 3 N–H and O–H groups in total. The van der Waals surface area contributed by atoms with E-state index < -0.39 is 41.8 Å². The van der Waals surface area contributed by atoms with E-state index in [1.165, 1.54) is 25.2 Å². The quantitative estimate of drug-likeness (QED) is 0.189. The molecule has 2 amide bonds. The lowest BCUT2D eigenvalue weighted by Crippen LogP contribution is -2.46. The zero-order valence-electron chi connectivity index (χ0n) is 25.9. The molecule has 46 heavy (non-hydrogen) atoms. The lowest BCUT2D eigenvalue weighted by atomic mass is 9.92.